The van der Waals surface area contributed by atoms with Crippen molar-refractivity contribution in [2.24, 2.45) is 56.7 Å². The second-order valence-electron chi connectivity index (χ2n) is 14.7. The molecule has 1 nitrogen and oxygen atoms in total. The van der Waals surface area contributed by atoms with E-state index in [9.17, 15) is 5.11 Å². The number of aliphatic hydroxyl groups excluding tert-OH is 1. The second kappa shape index (κ2) is 6.64. The first kappa shape index (κ1) is 22.5. The van der Waals surface area contributed by atoms with Crippen LogP contribution < -0.4 is 0 Å². The van der Waals surface area contributed by atoms with Crippen LogP contribution in [0.5, 0.6) is 0 Å². The molecule has 1 N–H and O–H groups in total. The van der Waals surface area contributed by atoms with Gasteiger partial charge in [0, 0.05) is 0 Å². The van der Waals surface area contributed by atoms with Gasteiger partial charge in [-0.15, -0.1) is 0 Å². The van der Waals surface area contributed by atoms with E-state index in [0.717, 1.165) is 30.1 Å². The van der Waals surface area contributed by atoms with Gasteiger partial charge in [0.2, 0.25) is 0 Å². The van der Waals surface area contributed by atoms with Crippen LogP contribution in [0.15, 0.2) is 11.6 Å². The minimum absolute atomic E-state index is 0.0432. The topological polar surface area (TPSA) is 20.2 Å². The van der Waals surface area contributed by atoms with Crippen LogP contribution in [0.4, 0.5) is 0 Å². The van der Waals surface area contributed by atoms with Crippen molar-refractivity contribution in [3.8, 4) is 0 Å². The van der Waals surface area contributed by atoms with Crippen LogP contribution in [0.2, 0.25) is 0 Å². The van der Waals surface area contributed by atoms with E-state index >= 15 is 0 Å². The molecule has 0 heterocycles. The van der Waals surface area contributed by atoms with Crippen molar-refractivity contribution in [2.75, 3.05) is 0 Å². The van der Waals surface area contributed by atoms with Gasteiger partial charge in [0.25, 0.3) is 0 Å². The van der Waals surface area contributed by atoms with Crippen molar-refractivity contribution in [2.45, 2.75) is 119 Å². The Labute approximate surface area is 192 Å². The third kappa shape index (κ3) is 2.60. The van der Waals surface area contributed by atoms with Crippen molar-refractivity contribution < 1.29 is 5.11 Å². The van der Waals surface area contributed by atoms with Gasteiger partial charge in [0.1, 0.15) is 0 Å². The Bertz CT molecular complexity index is 777. The smallest absolute Gasteiger partial charge is 0.0594 e. The molecule has 0 saturated heterocycles. The van der Waals surface area contributed by atoms with Gasteiger partial charge in [-0.05, 0) is 114 Å². The predicted molar refractivity (Wildman–Crippen MR) is 131 cm³/mol. The molecule has 4 fully saturated rings. The summed E-state index contributed by atoms with van der Waals surface area (Å²) in [5.41, 5.74) is 3.61. The standard InChI is InChI=1S/C30H50O/c1-19(2)20-9-12-24-28(20,6)17-18-29(7)22-10-11-23-26(3,4)25(31)14-15-27(23,5)21(22)13-16-30(24,29)8/h13,19-20,22-25,31H,9-12,14-18H2,1-8H3/t20-,22?,23?,24?,25+,27-,28-,29-,30+/m1/s1. The lowest BCUT2D eigenvalue weighted by Crippen LogP contribution is -2.62. The van der Waals surface area contributed by atoms with Gasteiger partial charge in [-0.25, -0.2) is 0 Å². The fraction of sp³-hybridized carbons (Fsp3) is 0.933. The zero-order chi connectivity index (χ0) is 22.6. The fourth-order valence-corrected chi connectivity index (χ4v) is 11.2. The summed E-state index contributed by atoms with van der Waals surface area (Å²) in [5, 5.41) is 10.8. The molecular weight excluding hydrogens is 376 g/mol. The third-order valence-corrected chi connectivity index (χ3v) is 13.2. The summed E-state index contributed by atoms with van der Waals surface area (Å²) >= 11 is 0. The van der Waals surface area contributed by atoms with Gasteiger partial charge >= 0.3 is 0 Å². The number of hydrogen-bond donors (Lipinski definition) is 1. The number of rotatable bonds is 1. The minimum Gasteiger partial charge on any atom is -0.393 e. The van der Waals surface area contributed by atoms with Crippen molar-refractivity contribution >= 4 is 0 Å². The molecule has 0 amide bonds. The fourth-order valence-electron chi connectivity index (χ4n) is 11.2. The van der Waals surface area contributed by atoms with E-state index in [1.165, 1.54) is 51.4 Å². The van der Waals surface area contributed by atoms with Gasteiger partial charge < -0.3 is 5.11 Å². The van der Waals surface area contributed by atoms with E-state index in [2.05, 4.69) is 61.5 Å². The highest BCUT2D eigenvalue weighted by atomic mass is 16.3. The van der Waals surface area contributed by atoms with Crippen molar-refractivity contribution in [1.29, 1.82) is 0 Å². The maximum atomic E-state index is 10.8. The van der Waals surface area contributed by atoms with Crippen LogP contribution in [0.3, 0.4) is 0 Å². The van der Waals surface area contributed by atoms with Crippen LogP contribution in [-0.4, -0.2) is 11.2 Å². The molecule has 31 heavy (non-hydrogen) atoms. The van der Waals surface area contributed by atoms with Gasteiger partial charge in [0.15, 0.2) is 0 Å². The molecule has 0 bridgehead atoms. The Morgan fingerprint density at radius 1 is 0.806 bits per heavy atom. The first-order chi connectivity index (χ1) is 14.3. The Balaban J connectivity index is 1.55. The van der Waals surface area contributed by atoms with Crippen molar-refractivity contribution in [3.05, 3.63) is 11.6 Å². The van der Waals surface area contributed by atoms with E-state index in [0.29, 0.717) is 27.6 Å². The second-order valence-corrected chi connectivity index (χ2v) is 14.7. The average Bonchev–Trinajstić information content (AvgIpc) is 3.05. The number of aliphatic hydroxyl groups is 1. The van der Waals surface area contributed by atoms with Gasteiger partial charge in [-0.3, -0.25) is 0 Å². The zero-order valence-electron chi connectivity index (χ0n) is 21.9. The van der Waals surface area contributed by atoms with E-state index in [-0.39, 0.29) is 11.5 Å². The summed E-state index contributed by atoms with van der Waals surface area (Å²) in [6.07, 6.45) is 14.6. The molecule has 3 unspecified atom stereocenters. The normalized spacial score (nSPS) is 55.7. The molecule has 0 radical (unpaired) electrons. The lowest BCUT2D eigenvalue weighted by Gasteiger charge is -2.69. The summed E-state index contributed by atoms with van der Waals surface area (Å²) in [5.74, 6) is 4.02. The Hall–Kier alpha value is -0.300. The third-order valence-electron chi connectivity index (χ3n) is 13.2. The molecule has 0 aromatic carbocycles. The van der Waals surface area contributed by atoms with Crippen molar-refractivity contribution in [1.82, 2.24) is 0 Å². The summed E-state index contributed by atoms with van der Waals surface area (Å²) < 4.78 is 0. The molecule has 5 aliphatic rings. The summed E-state index contributed by atoms with van der Waals surface area (Å²) in [6.45, 7) is 20.4. The molecule has 1 heteroatoms. The number of allylic oxidation sites excluding steroid dienone is 2. The maximum absolute atomic E-state index is 10.8. The van der Waals surface area contributed by atoms with E-state index < -0.39 is 0 Å². The van der Waals surface area contributed by atoms with Gasteiger partial charge in [-0.2, -0.15) is 0 Å². The number of fused-ring (bicyclic) bond motifs is 7. The lowest BCUT2D eigenvalue weighted by molar-refractivity contribution is -0.165. The number of hydrogen-bond acceptors (Lipinski definition) is 1. The highest BCUT2D eigenvalue weighted by Gasteiger charge is 2.68. The molecule has 4 saturated carbocycles. The largest absolute Gasteiger partial charge is 0.393 e. The van der Waals surface area contributed by atoms with Gasteiger partial charge in [-0.1, -0.05) is 67.0 Å². The molecule has 0 aliphatic heterocycles. The van der Waals surface area contributed by atoms with Crippen LogP contribution in [-0.2, 0) is 0 Å². The van der Waals surface area contributed by atoms with Crippen LogP contribution >= 0.6 is 0 Å². The zero-order valence-corrected chi connectivity index (χ0v) is 21.9. The lowest BCUT2D eigenvalue weighted by atomic mass is 9.35. The first-order valence-corrected chi connectivity index (χ1v) is 13.7. The van der Waals surface area contributed by atoms with E-state index in [4.69, 9.17) is 0 Å². The summed E-state index contributed by atoms with van der Waals surface area (Å²) in [4.78, 5) is 0. The molecule has 9 atom stereocenters. The highest BCUT2D eigenvalue weighted by molar-refractivity contribution is 5.33. The SMILES string of the molecule is CC(C)[C@H]1CCC2[C@]1(C)CC[C@]1(C)C3CCC4C(C)(C)[C@@H](O)CC[C@]4(C)C3=CC[C@@]21C. The molecule has 0 spiro atoms. The monoisotopic (exact) mass is 426 g/mol. The molecule has 176 valence electrons. The summed E-state index contributed by atoms with van der Waals surface area (Å²) in [7, 11) is 0. The summed E-state index contributed by atoms with van der Waals surface area (Å²) in [6, 6.07) is 0. The predicted octanol–water partition coefficient (Wildman–Crippen LogP) is 8.02. The first-order valence-electron chi connectivity index (χ1n) is 13.7. The molecule has 5 rings (SSSR count). The van der Waals surface area contributed by atoms with E-state index in [1.54, 1.807) is 0 Å². The Morgan fingerprint density at radius 2 is 1.48 bits per heavy atom. The molecule has 0 aromatic rings. The quantitative estimate of drug-likeness (QED) is 0.421. The van der Waals surface area contributed by atoms with Gasteiger partial charge in [0.05, 0.1) is 6.10 Å². The molecular formula is C30H50O. The Morgan fingerprint density at radius 3 is 2.16 bits per heavy atom. The molecule has 0 aromatic heterocycles. The van der Waals surface area contributed by atoms with Crippen LogP contribution in [0, 0.1) is 56.7 Å². The van der Waals surface area contributed by atoms with E-state index in [1.807, 2.05) is 5.57 Å². The van der Waals surface area contributed by atoms with Crippen LogP contribution in [0.1, 0.15) is 113 Å². The molecule has 5 aliphatic carbocycles. The highest BCUT2D eigenvalue weighted by Crippen LogP contribution is 2.76. The Kier molecular flexibility index (Phi) is 4.82. The average molecular weight is 427 g/mol. The van der Waals surface area contributed by atoms with Crippen LogP contribution in [0.25, 0.3) is 0 Å². The minimum atomic E-state index is -0.131. The maximum Gasteiger partial charge on any atom is 0.0594 e. The van der Waals surface area contributed by atoms with Crippen molar-refractivity contribution in [3.63, 3.8) is 0 Å².